The van der Waals surface area contributed by atoms with Gasteiger partial charge in [-0.05, 0) is 56.0 Å². The van der Waals surface area contributed by atoms with Gasteiger partial charge in [-0.2, -0.15) is 5.10 Å². The average Bonchev–Trinajstić information content (AvgIpc) is 3.88. The van der Waals surface area contributed by atoms with Crippen molar-refractivity contribution in [3.63, 3.8) is 0 Å². The molecule has 0 radical (unpaired) electrons. The number of hydrogen-bond donors (Lipinski definition) is 1. The van der Waals surface area contributed by atoms with Gasteiger partial charge in [0.05, 0.1) is 36.3 Å². The molecule has 0 fully saturated rings. The van der Waals surface area contributed by atoms with Crippen LogP contribution in [0.15, 0.2) is 48.7 Å². The number of pyridine rings is 1. The summed E-state index contributed by atoms with van der Waals surface area (Å²) in [6.45, 7) is 29.6. The molecular weight excluding hydrogens is 699 g/mol. The van der Waals surface area contributed by atoms with Gasteiger partial charge in [0, 0.05) is 58.1 Å². The number of fused-ring (bicyclic) bond motifs is 4. The van der Waals surface area contributed by atoms with Crippen molar-refractivity contribution in [1.29, 1.82) is 0 Å². The van der Waals surface area contributed by atoms with Gasteiger partial charge >= 0.3 is 0 Å². The largest absolute Gasteiger partial charge is 0.311 e. The zero-order valence-corrected chi connectivity index (χ0v) is 35.9. The number of benzene rings is 1. The molecule has 0 atom stereocenters. The predicted molar refractivity (Wildman–Crippen MR) is 225 cm³/mol. The van der Waals surface area contributed by atoms with Crippen molar-refractivity contribution < 1.29 is 0 Å². The van der Waals surface area contributed by atoms with E-state index in [0.717, 1.165) is 42.2 Å². The zero-order chi connectivity index (χ0) is 37.9. The highest BCUT2D eigenvalue weighted by Crippen LogP contribution is 2.32. The van der Waals surface area contributed by atoms with Crippen LogP contribution >= 0.6 is 34.0 Å². The minimum absolute atomic E-state index is 0.130. The van der Waals surface area contributed by atoms with Gasteiger partial charge in [0.25, 0.3) is 0 Å². The highest BCUT2D eigenvalue weighted by molar-refractivity contribution is 7.19. The number of thiazole rings is 3. The van der Waals surface area contributed by atoms with E-state index >= 15 is 0 Å². The first kappa shape index (κ1) is 40.1. The number of aromatic nitrogens is 6. The van der Waals surface area contributed by atoms with E-state index < -0.39 is 0 Å². The Bertz CT molecular complexity index is 1790. The molecular formula is C42H59N7S3. The summed E-state index contributed by atoms with van der Waals surface area (Å²) in [4.78, 5) is 19.5. The van der Waals surface area contributed by atoms with E-state index in [4.69, 9.17) is 0 Å². The van der Waals surface area contributed by atoms with Crippen molar-refractivity contribution in [2.75, 3.05) is 6.54 Å². The van der Waals surface area contributed by atoms with Crippen LogP contribution in [0.25, 0.3) is 20.6 Å². The highest BCUT2D eigenvalue weighted by atomic mass is 32.1. The second-order valence-electron chi connectivity index (χ2n) is 17.8. The van der Waals surface area contributed by atoms with Crippen LogP contribution < -0.4 is 5.32 Å². The molecule has 52 heavy (non-hydrogen) atoms. The summed E-state index contributed by atoms with van der Waals surface area (Å²) in [5, 5.41) is 11.6. The number of rotatable bonds is 0. The molecule has 1 N–H and O–H groups in total. The number of hydrogen-bond acceptors (Lipinski definition) is 9. The molecule has 0 spiro atoms. The van der Waals surface area contributed by atoms with Crippen LogP contribution in [0.4, 0.5) is 0 Å². The monoisotopic (exact) mass is 757 g/mol. The molecule has 7 nitrogen and oxygen atoms in total. The van der Waals surface area contributed by atoms with Crippen LogP contribution in [0.5, 0.6) is 0 Å². The quantitative estimate of drug-likeness (QED) is 0.166. The first-order chi connectivity index (χ1) is 24.3. The highest BCUT2D eigenvalue weighted by Gasteiger charge is 2.23. The summed E-state index contributed by atoms with van der Waals surface area (Å²) in [6, 6.07) is 14.6. The first-order valence-corrected chi connectivity index (χ1v) is 21.1. The summed E-state index contributed by atoms with van der Waals surface area (Å²) in [5.74, 6) is 0. The summed E-state index contributed by atoms with van der Waals surface area (Å²) in [6.07, 6.45) is 6.77. The van der Waals surface area contributed by atoms with Crippen molar-refractivity contribution in [2.24, 2.45) is 0 Å². The Morgan fingerprint density at radius 2 is 1.29 bits per heavy atom. The molecule has 8 rings (SSSR count). The second-order valence-corrected chi connectivity index (χ2v) is 21.0. The number of nitrogens with one attached hydrogen (secondary N) is 1. The van der Waals surface area contributed by atoms with Gasteiger partial charge in [-0.15, -0.1) is 34.0 Å². The molecule has 1 aromatic carbocycles. The van der Waals surface area contributed by atoms with Crippen LogP contribution in [0.2, 0.25) is 0 Å². The fourth-order valence-corrected chi connectivity index (χ4v) is 8.65. The SMILES string of the molecule is CC(C)(C)c1cc2n(n1)CCCC2.CC(C)(C)c1nc2c(s1)CCNC2.CC(C)(C)c1nc2ccccc2s1.CC(C)(C)c1nc2ncccc2s1. The van der Waals surface area contributed by atoms with Gasteiger partial charge in [-0.1, -0.05) is 95.2 Å². The van der Waals surface area contributed by atoms with Crippen LogP contribution in [0.1, 0.15) is 133 Å². The molecule has 2 aliphatic rings. The summed E-state index contributed by atoms with van der Waals surface area (Å²) >= 11 is 5.41. The third-order valence-electron chi connectivity index (χ3n) is 8.67. The van der Waals surface area contributed by atoms with Gasteiger partial charge in [0.15, 0.2) is 5.65 Å². The van der Waals surface area contributed by atoms with Crippen molar-refractivity contribution in [3.05, 3.63) is 85.6 Å². The predicted octanol–water partition coefficient (Wildman–Crippen LogP) is 11.2. The Hall–Kier alpha value is -3.05. The lowest BCUT2D eigenvalue weighted by Crippen LogP contribution is -2.22. The van der Waals surface area contributed by atoms with Crippen LogP contribution in [0, 0.1) is 0 Å². The molecule has 0 bridgehead atoms. The summed E-state index contributed by atoms with van der Waals surface area (Å²) in [5.41, 5.74) is 6.65. The Kier molecular flexibility index (Phi) is 12.5. The number of nitrogens with zero attached hydrogens (tertiary/aromatic N) is 6. The van der Waals surface area contributed by atoms with Gasteiger partial charge in [0.2, 0.25) is 0 Å². The van der Waals surface area contributed by atoms with E-state index in [0.29, 0.717) is 0 Å². The van der Waals surface area contributed by atoms with E-state index in [1.165, 1.54) is 60.6 Å². The summed E-state index contributed by atoms with van der Waals surface area (Å²) in [7, 11) is 0. The van der Waals surface area contributed by atoms with Crippen molar-refractivity contribution in [3.8, 4) is 0 Å². The normalized spacial score (nSPS) is 14.7. The molecule has 0 amide bonds. The lowest BCUT2D eigenvalue weighted by Gasteiger charge is -2.14. The molecule has 0 saturated carbocycles. The second kappa shape index (κ2) is 16.1. The fraction of sp³-hybridized carbons (Fsp3) is 0.548. The van der Waals surface area contributed by atoms with Crippen molar-refractivity contribution >= 4 is 54.6 Å². The molecule has 10 heteroatoms. The van der Waals surface area contributed by atoms with E-state index in [1.54, 1.807) is 28.9 Å². The van der Waals surface area contributed by atoms with E-state index in [9.17, 15) is 0 Å². The molecule has 0 aliphatic carbocycles. The topological polar surface area (TPSA) is 81.4 Å². The van der Waals surface area contributed by atoms with Gasteiger partial charge in [-0.3, -0.25) is 4.68 Å². The maximum atomic E-state index is 4.68. The standard InChI is InChI=1S/C11H18N2.C11H13NS.C10H16N2S.C10H12N2S/c1-11(2,3)10-8-9-6-4-5-7-13(9)12-10;1-11(2,3)10-12-8-6-4-5-7-9(8)13-10;1-10(2,3)9-12-7-6-11-5-4-8(7)13-9;1-10(2,3)9-12-8-7(13-9)5-4-6-11-8/h8H,4-7H2,1-3H3;4-7H,1-3H3;11H,4-6H2,1-3H3;4-6H,1-3H3. The smallest absolute Gasteiger partial charge is 0.170 e. The summed E-state index contributed by atoms with van der Waals surface area (Å²) < 4.78 is 4.64. The van der Waals surface area contributed by atoms with Crippen LogP contribution in [-0.4, -0.2) is 36.3 Å². The molecule has 280 valence electrons. The maximum Gasteiger partial charge on any atom is 0.170 e. The lowest BCUT2D eigenvalue weighted by molar-refractivity contribution is 0.470. The number of para-hydroxylation sites is 1. The van der Waals surface area contributed by atoms with E-state index in [2.05, 4.69) is 148 Å². The molecule has 0 saturated heterocycles. The van der Waals surface area contributed by atoms with Gasteiger partial charge in [0.1, 0.15) is 5.01 Å². The number of aryl methyl sites for hydroxylation is 2. The minimum atomic E-state index is 0.130. The third-order valence-corrected chi connectivity index (χ3v) is 13.1. The molecule has 0 unspecified atom stereocenters. The molecule has 2 aliphatic heterocycles. The Morgan fingerprint density at radius 3 is 1.90 bits per heavy atom. The third kappa shape index (κ3) is 10.5. The van der Waals surface area contributed by atoms with Crippen LogP contribution in [0.3, 0.4) is 0 Å². The van der Waals surface area contributed by atoms with E-state index in [1.807, 2.05) is 23.5 Å². The van der Waals surface area contributed by atoms with Gasteiger partial charge in [-0.25, -0.2) is 19.9 Å². The first-order valence-electron chi connectivity index (χ1n) is 18.6. The van der Waals surface area contributed by atoms with Gasteiger partial charge < -0.3 is 5.32 Å². The van der Waals surface area contributed by atoms with E-state index in [-0.39, 0.29) is 21.7 Å². The minimum Gasteiger partial charge on any atom is -0.311 e. The van der Waals surface area contributed by atoms with Crippen molar-refractivity contribution in [2.45, 2.75) is 144 Å². The Morgan fingerprint density at radius 1 is 0.654 bits per heavy atom. The lowest BCUT2D eigenvalue weighted by atomic mass is 9.92. The molecule has 5 aromatic heterocycles. The van der Waals surface area contributed by atoms with Crippen LogP contribution in [-0.2, 0) is 47.6 Å². The Balaban J connectivity index is 0.000000134. The average molecular weight is 758 g/mol. The maximum absolute atomic E-state index is 4.68. The fourth-order valence-electron chi connectivity index (χ4n) is 5.51. The Labute approximate surface area is 323 Å². The van der Waals surface area contributed by atoms with Crippen molar-refractivity contribution in [1.82, 2.24) is 35.0 Å². The molecule has 6 aromatic rings. The molecule has 7 heterocycles. The zero-order valence-electron chi connectivity index (χ0n) is 33.5.